The maximum atomic E-state index is 11.8. The molecule has 0 bridgehead atoms. The van der Waals surface area contributed by atoms with Gasteiger partial charge in [-0.15, -0.1) is 0 Å². The third-order valence-electron chi connectivity index (χ3n) is 3.47. The lowest BCUT2D eigenvalue weighted by molar-refractivity contribution is -0.139. The summed E-state index contributed by atoms with van der Waals surface area (Å²) in [6, 6.07) is 13.7. The average molecular weight is 392 g/mol. The van der Waals surface area contributed by atoms with Gasteiger partial charge in [-0.2, -0.15) is 0 Å². The van der Waals surface area contributed by atoms with E-state index in [1.54, 1.807) is 0 Å². The first-order valence-corrected chi connectivity index (χ1v) is 8.20. The summed E-state index contributed by atoms with van der Waals surface area (Å²) >= 11 is 3.40. The van der Waals surface area contributed by atoms with Gasteiger partial charge in [0.1, 0.15) is 12.6 Å². The molecule has 0 aliphatic rings. The summed E-state index contributed by atoms with van der Waals surface area (Å²) in [5, 5.41) is 11.7. The summed E-state index contributed by atoms with van der Waals surface area (Å²) in [6.45, 7) is 2.02. The smallest absolute Gasteiger partial charge is 0.408 e. The van der Waals surface area contributed by atoms with E-state index in [1.165, 1.54) is 0 Å². The van der Waals surface area contributed by atoms with Crippen molar-refractivity contribution in [3.8, 4) is 0 Å². The predicted molar refractivity (Wildman–Crippen MR) is 93.8 cm³/mol. The molecule has 2 aromatic carbocycles. The van der Waals surface area contributed by atoms with E-state index in [-0.39, 0.29) is 13.0 Å². The molecule has 0 aliphatic heterocycles. The quantitative estimate of drug-likeness (QED) is 0.787. The largest absolute Gasteiger partial charge is 0.480 e. The van der Waals surface area contributed by atoms with Crippen LogP contribution in [0.2, 0.25) is 0 Å². The maximum absolute atomic E-state index is 11.8. The van der Waals surface area contributed by atoms with Gasteiger partial charge in [-0.25, -0.2) is 9.59 Å². The molecule has 5 nitrogen and oxygen atoms in total. The van der Waals surface area contributed by atoms with E-state index in [4.69, 9.17) is 4.74 Å². The number of carbonyl (C=O) groups excluding carboxylic acids is 1. The zero-order chi connectivity index (χ0) is 17.5. The Labute approximate surface area is 148 Å². The SMILES string of the molecule is Cc1cc(C[C@H](NC(=O)OCc2ccccc2)C(=O)O)ccc1Br. The average Bonchev–Trinajstić information content (AvgIpc) is 2.56. The monoisotopic (exact) mass is 391 g/mol. The molecule has 0 saturated carbocycles. The fourth-order valence-corrected chi connectivity index (χ4v) is 2.42. The summed E-state index contributed by atoms with van der Waals surface area (Å²) in [6.07, 6.45) is -0.566. The van der Waals surface area contributed by atoms with Gasteiger partial charge in [0.25, 0.3) is 0 Å². The second kappa shape index (κ2) is 8.49. The molecule has 6 heteroatoms. The van der Waals surface area contributed by atoms with E-state index in [9.17, 15) is 14.7 Å². The van der Waals surface area contributed by atoms with E-state index in [0.717, 1.165) is 21.2 Å². The van der Waals surface area contributed by atoms with Crippen molar-refractivity contribution in [2.75, 3.05) is 0 Å². The Bertz CT molecular complexity index is 718. The highest BCUT2D eigenvalue weighted by atomic mass is 79.9. The number of carboxylic acids is 1. The minimum absolute atomic E-state index is 0.0937. The van der Waals surface area contributed by atoms with E-state index in [1.807, 2.05) is 55.5 Å². The summed E-state index contributed by atoms with van der Waals surface area (Å²) in [5.41, 5.74) is 2.66. The number of hydrogen-bond acceptors (Lipinski definition) is 3. The van der Waals surface area contributed by atoms with Crippen molar-refractivity contribution < 1.29 is 19.4 Å². The Morgan fingerprint density at radius 2 is 1.88 bits per heavy atom. The van der Waals surface area contributed by atoms with Gasteiger partial charge in [0.05, 0.1) is 0 Å². The molecule has 126 valence electrons. The third-order valence-corrected chi connectivity index (χ3v) is 4.35. The van der Waals surface area contributed by atoms with Crippen LogP contribution in [0, 0.1) is 6.92 Å². The van der Waals surface area contributed by atoms with Crippen molar-refractivity contribution in [3.63, 3.8) is 0 Å². The van der Waals surface area contributed by atoms with Crippen LogP contribution in [0.3, 0.4) is 0 Å². The summed E-state index contributed by atoms with van der Waals surface area (Å²) in [5.74, 6) is -1.10. The molecule has 0 heterocycles. The van der Waals surface area contributed by atoms with Crippen LogP contribution in [0.25, 0.3) is 0 Å². The molecule has 1 amide bonds. The minimum atomic E-state index is -1.10. The molecule has 0 saturated heterocycles. The second-order valence-electron chi connectivity index (χ2n) is 5.38. The van der Waals surface area contributed by atoms with E-state index < -0.39 is 18.1 Å². The number of carbonyl (C=O) groups is 2. The lowest BCUT2D eigenvalue weighted by atomic mass is 10.0. The number of nitrogens with one attached hydrogen (secondary N) is 1. The van der Waals surface area contributed by atoms with Crippen LogP contribution in [0.5, 0.6) is 0 Å². The topological polar surface area (TPSA) is 75.6 Å². The zero-order valence-electron chi connectivity index (χ0n) is 13.2. The van der Waals surface area contributed by atoms with E-state index in [2.05, 4.69) is 21.2 Å². The number of rotatable bonds is 6. The number of amides is 1. The molecule has 1 atom stereocenters. The number of benzene rings is 2. The highest BCUT2D eigenvalue weighted by Crippen LogP contribution is 2.18. The first-order valence-electron chi connectivity index (χ1n) is 7.41. The highest BCUT2D eigenvalue weighted by molar-refractivity contribution is 9.10. The number of carboxylic acid groups (broad SMARTS) is 1. The highest BCUT2D eigenvalue weighted by Gasteiger charge is 2.21. The van der Waals surface area contributed by atoms with Gasteiger partial charge in [-0.3, -0.25) is 0 Å². The van der Waals surface area contributed by atoms with E-state index >= 15 is 0 Å². The van der Waals surface area contributed by atoms with Crippen LogP contribution in [0.1, 0.15) is 16.7 Å². The van der Waals surface area contributed by atoms with Crippen molar-refractivity contribution in [1.82, 2.24) is 5.32 Å². The molecule has 0 fully saturated rings. The Morgan fingerprint density at radius 1 is 1.17 bits per heavy atom. The fourth-order valence-electron chi connectivity index (χ4n) is 2.18. The van der Waals surface area contributed by atoms with Gasteiger partial charge in [-0.05, 0) is 29.7 Å². The normalized spacial score (nSPS) is 11.6. The molecular formula is C18H18BrNO4. The molecular weight excluding hydrogens is 374 g/mol. The molecule has 0 unspecified atom stereocenters. The standard InChI is InChI=1S/C18H18BrNO4/c1-12-9-14(7-8-15(12)19)10-16(17(21)22)20-18(23)24-11-13-5-3-2-4-6-13/h2-9,16H,10-11H2,1H3,(H,20,23)(H,21,22)/t16-/m0/s1. The van der Waals surface area contributed by atoms with Crippen molar-refractivity contribution in [3.05, 3.63) is 69.7 Å². The van der Waals surface area contributed by atoms with Crippen LogP contribution in [-0.4, -0.2) is 23.2 Å². The minimum Gasteiger partial charge on any atom is -0.480 e. The lowest BCUT2D eigenvalue weighted by Gasteiger charge is -2.15. The van der Waals surface area contributed by atoms with Crippen LogP contribution >= 0.6 is 15.9 Å². The molecule has 0 spiro atoms. The number of halogens is 1. The predicted octanol–water partition coefficient (Wildman–Crippen LogP) is 3.68. The first-order chi connectivity index (χ1) is 11.5. The van der Waals surface area contributed by atoms with Gasteiger partial charge in [0, 0.05) is 10.9 Å². The van der Waals surface area contributed by atoms with Crippen molar-refractivity contribution >= 4 is 28.0 Å². The van der Waals surface area contributed by atoms with Gasteiger partial charge in [-0.1, -0.05) is 58.4 Å². The van der Waals surface area contributed by atoms with Crippen molar-refractivity contribution in [1.29, 1.82) is 0 Å². The number of aryl methyl sites for hydroxylation is 1. The van der Waals surface area contributed by atoms with E-state index in [0.29, 0.717) is 0 Å². The van der Waals surface area contributed by atoms with Gasteiger partial charge in [0.15, 0.2) is 0 Å². The molecule has 0 aliphatic carbocycles. The second-order valence-corrected chi connectivity index (χ2v) is 6.24. The first kappa shape index (κ1) is 18.0. The molecule has 24 heavy (non-hydrogen) atoms. The Morgan fingerprint density at radius 3 is 2.50 bits per heavy atom. The third kappa shape index (κ3) is 5.38. The number of alkyl carbamates (subject to hydrolysis) is 1. The summed E-state index contributed by atoms with van der Waals surface area (Å²) < 4.78 is 6.02. The number of hydrogen-bond donors (Lipinski definition) is 2. The molecule has 2 N–H and O–H groups in total. The van der Waals surface area contributed by atoms with Crippen LogP contribution in [0.4, 0.5) is 4.79 Å². The van der Waals surface area contributed by atoms with Gasteiger partial charge in [0.2, 0.25) is 0 Å². The molecule has 0 radical (unpaired) electrons. The Hall–Kier alpha value is -2.34. The molecule has 2 rings (SSSR count). The van der Waals surface area contributed by atoms with Crippen LogP contribution in [-0.2, 0) is 22.6 Å². The van der Waals surface area contributed by atoms with Gasteiger partial charge >= 0.3 is 12.1 Å². The lowest BCUT2D eigenvalue weighted by Crippen LogP contribution is -2.42. The number of aliphatic carboxylic acids is 1. The fraction of sp³-hybridized carbons (Fsp3) is 0.222. The molecule has 0 aromatic heterocycles. The summed E-state index contributed by atoms with van der Waals surface area (Å²) in [4.78, 5) is 23.2. The summed E-state index contributed by atoms with van der Waals surface area (Å²) in [7, 11) is 0. The van der Waals surface area contributed by atoms with Crippen molar-refractivity contribution in [2.24, 2.45) is 0 Å². The number of ether oxygens (including phenoxy) is 1. The Balaban J connectivity index is 1.93. The Kier molecular flexibility index (Phi) is 6.37. The van der Waals surface area contributed by atoms with Crippen LogP contribution in [0.15, 0.2) is 53.0 Å². The zero-order valence-corrected chi connectivity index (χ0v) is 14.7. The van der Waals surface area contributed by atoms with Crippen LogP contribution < -0.4 is 5.32 Å². The maximum Gasteiger partial charge on any atom is 0.408 e. The van der Waals surface area contributed by atoms with Gasteiger partial charge < -0.3 is 15.2 Å². The molecule has 2 aromatic rings. The van der Waals surface area contributed by atoms with Crippen molar-refractivity contribution in [2.45, 2.75) is 26.0 Å².